The monoisotopic (exact) mass is 151 g/mol. The summed E-state index contributed by atoms with van der Waals surface area (Å²) >= 11 is 0. The van der Waals surface area contributed by atoms with Gasteiger partial charge in [0.2, 0.25) is 0 Å². The van der Waals surface area contributed by atoms with Crippen LogP contribution in [-0.2, 0) is 0 Å². The van der Waals surface area contributed by atoms with Crippen molar-refractivity contribution in [1.29, 1.82) is 0 Å². The number of hydrogen-bond acceptors (Lipinski definition) is 1. The van der Waals surface area contributed by atoms with Gasteiger partial charge in [0.05, 0.1) is 0 Å². The lowest BCUT2D eigenvalue weighted by atomic mass is 10.4. The van der Waals surface area contributed by atoms with E-state index in [1.807, 2.05) is 0 Å². The van der Waals surface area contributed by atoms with Crippen molar-refractivity contribution in [2.24, 2.45) is 0 Å². The Bertz CT molecular complexity index is 146. The first kappa shape index (κ1) is 9.07. The van der Waals surface area contributed by atoms with Crippen LogP contribution in [-0.4, -0.2) is 6.30 Å². The fourth-order valence-corrected chi connectivity index (χ4v) is 0.442. The summed E-state index contributed by atoms with van der Waals surface area (Å²) in [5, 5.41) is 1.31. The topological polar surface area (TPSA) is 12.0 Å². The minimum atomic E-state index is -4.34. The molecule has 4 heteroatoms. The summed E-state index contributed by atoms with van der Waals surface area (Å²) in [6.07, 6.45) is -1.81. The summed E-state index contributed by atoms with van der Waals surface area (Å²) in [5.74, 6) is 0. The molecule has 0 rings (SSSR count). The van der Waals surface area contributed by atoms with Gasteiger partial charge < -0.3 is 5.32 Å². The molecule has 0 aliphatic rings. The third kappa shape index (κ3) is 5.21. The van der Waals surface area contributed by atoms with E-state index in [9.17, 15) is 13.2 Å². The van der Waals surface area contributed by atoms with Gasteiger partial charge in [-0.05, 0) is 13.0 Å². The van der Waals surface area contributed by atoms with E-state index in [2.05, 4.69) is 6.58 Å². The van der Waals surface area contributed by atoms with Crippen LogP contribution in [0.3, 0.4) is 0 Å². The minimum Gasteiger partial charge on any atom is -0.302 e. The number of allylic oxidation sites excluding steroid dienone is 3. The van der Waals surface area contributed by atoms with Crippen LogP contribution in [0, 0.1) is 0 Å². The quantitative estimate of drug-likeness (QED) is 0.471. The standard InChI is InChI=1S/C6H8F3N/c1-3-4-5(2)10-6(7,8)9/h3-4,10H,1H2,2H3/b5-4+. The molecule has 0 radical (unpaired) electrons. The van der Waals surface area contributed by atoms with Gasteiger partial charge in [-0.25, -0.2) is 0 Å². The van der Waals surface area contributed by atoms with Crippen LogP contribution < -0.4 is 5.32 Å². The van der Waals surface area contributed by atoms with Crippen LogP contribution in [0.4, 0.5) is 13.2 Å². The summed E-state index contributed by atoms with van der Waals surface area (Å²) in [6, 6.07) is 0. The van der Waals surface area contributed by atoms with E-state index in [-0.39, 0.29) is 5.70 Å². The van der Waals surface area contributed by atoms with E-state index in [0.717, 1.165) is 0 Å². The van der Waals surface area contributed by atoms with Crippen molar-refractivity contribution in [2.45, 2.75) is 13.2 Å². The molecular formula is C6H8F3N. The average molecular weight is 151 g/mol. The third-order valence-electron chi connectivity index (χ3n) is 0.707. The summed E-state index contributed by atoms with van der Waals surface area (Å²) in [7, 11) is 0. The Balaban J connectivity index is 3.91. The molecule has 1 N–H and O–H groups in total. The second kappa shape index (κ2) is 3.29. The number of nitrogens with one attached hydrogen (secondary N) is 1. The van der Waals surface area contributed by atoms with Gasteiger partial charge in [0.1, 0.15) is 0 Å². The number of halogens is 3. The van der Waals surface area contributed by atoms with Gasteiger partial charge in [0.15, 0.2) is 0 Å². The van der Waals surface area contributed by atoms with Crippen molar-refractivity contribution in [1.82, 2.24) is 5.32 Å². The molecule has 0 aromatic rings. The lowest BCUT2D eigenvalue weighted by Crippen LogP contribution is -2.29. The van der Waals surface area contributed by atoms with Crippen molar-refractivity contribution >= 4 is 0 Å². The Hall–Kier alpha value is -0.930. The zero-order chi connectivity index (χ0) is 8.20. The maximum absolute atomic E-state index is 11.4. The Kier molecular flexibility index (Phi) is 2.99. The molecule has 0 aromatic carbocycles. The molecule has 0 saturated carbocycles. The molecule has 0 aliphatic heterocycles. The number of rotatable bonds is 2. The van der Waals surface area contributed by atoms with Gasteiger partial charge in [-0.3, -0.25) is 0 Å². The molecule has 0 bridgehead atoms. The Morgan fingerprint density at radius 1 is 1.50 bits per heavy atom. The van der Waals surface area contributed by atoms with Crippen LogP contribution in [0.2, 0.25) is 0 Å². The van der Waals surface area contributed by atoms with Crippen LogP contribution in [0.1, 0.15) is 6.92 Å². The molecular weight excluding hydrogens is 143 g/mol. The molecule has 0 fully saturated rings. The molecule has 0 saturated heterocycles. The first-order valence-electron chi connectivity index (χ1n) is 2.60. The zero-order valence-electron chi connectivity index (χ0n) is 5.50. The molecule has 1 nitrogen and oxygen atoms in total. The fraction of sp³-hybridized carbons (Fsp3) is 0.333. The van der Waals surface area contributed by atoms with Crippen molar-refractivity contribution < 1.29 is 13.2 Å². The SMILES string of the molecule is C=C/C=C(\C)NC(F)(F)F. The Morgan fingerprint density at radius 2 is 2.00 bits per heavy atom. The first-order valence-corrected chi connectivity index (χ1v) is 2.60. The smallest absolute Gasteiger partial charge is 0.302 e. The van der Waals surface area contributed by atoms with E-state index in [4.69, 9.17) is 0 Å². The van der Waals surface area contributed by atoms with Gasteiger partial charge in [-0.15, -0.1) is 0 Å². The molecule has 0 spiro atoms. The van der Waals surface area contributed by atoms with Crippen molar-refractivity contribution in [3.63, 3.8) is 0 Å². The molecule has 0 heterocycles. The van der Waals surface area contributed by atoms with Crippen LogP contribution in [0.25, 0.3) is 0 Å². The zero-order valence-corrected chi connectivity index (χ0v) is 5.50. The summed E-state index contributed by atoms with van der Waals surface area (Å²) < 4.78 is 34.3. The van der Waals surface area contributed by atoms with E-state index in [1.165, 1.54) is 24.4 Å². The normalized spacial score (nSPS) is 13.0. The van der Waals surface area contributed by atoms with Crippen molar-refractivity contribution in [3.8, 4) is 0 Å². The van der Waals surface area contributed by atoms with Crippen LogP contribution >= 0.6 is 0 Å². The minimum absolute atomic E-state index is 0.0301. The molecule has 58 valence electrons. The highest BCUT2D eigenvalue weighted by Gasteiger charge is 2.26. The van der Waals surface area contributed by atoms with Crippen LogP contribution in [0.5, 0.6) is 0 Å². The van der Waals surface area contributed by atoms with Gasteiger partial charge >= 0.3 is 6.30 Å². The third-order valence-corrected chi connectivity index (χ3v) is 0.707. The predicted molar refractivity (Wildman–Crippen MR) is 33.1 cm³/mol. The predicted octanol–water partition coefficient (Wildman–Crippen LogP) is 2.19. The largest absolute Gasteiger partial charge is 0.482 e. The van der Waals surface area contributed by atoms with E-state index >= 15 is 0 Å². The summed E-state index contributed by atoms with van der Waals surface area (Å²) in [4.78, 5) is 0. The molecule has 10 heavy (non-hydrogen) atoms. The average Bonchev–Trinajstić information content (AvgIpc) is 1.59. The molecule has 0 atom stereocenters. The lowest BCUT2D eigenvalue weighted by molar-refractivity contribution is -0.149. The maximum atomic E-state index is 11.4. The van der Waals surface area contributed by atoms with Gasteiger partial charge in [-0.1, -0.05) is 12.7 Å². The highest BCUT2D eigenvalue weighted by atomic mass is 19.4. The van der Waals surface area contributed by atoms with E-state index < -0.39 is 6.30 Å². The molecule has 0 aromatic heterocycles. The van der Waals surface area contributed by atoms with Gasteiger partial charge in [0.25, 0.3) is 0 Å². The fourth-order valence-electron chi connectivity index (χ4n) is 0.442. The molecule has 0 aliphatic carbocycles. The second-order valence-electron chi connectivity index (χ2n) is 1.71. The summed E-state index contributed by atoms with van der Waals surface area (Å²) in [6.45, 7) is 4.56. The molecule has 0 amide bonds. The van der Waals surface area contributed by atoms with Gasteiger partial charge in [-0.2, -0.15) is 13.2 Å². The summed E-state index contributed by atoms with van der Waals surface area (Å²) in [5.41, 5.74) is 0.0301. The molecule has 0 unspecified atom stereocenters. The van der Waals surface area contributed by atoms with E-state index in [0.29, 0.717) is 0 Å². The highest BCUT2D eigenvalue weighted by Crippen LogP contribution is 2.11. The van der Waals surface area contributed by atoms with Crippen molar-refractivity contribution in [2.75, 3.05) is 0 Å². The first-order chi connectivity index (χ1) is 4.45. The Labute approximate surface area is 57.2 Å². The second-order valence-corrected chi connectivity index (χ2v) is 1.71. The Morgan fingerprint density at radius 3 is 2.30 bits per heavy atom. The van der Waals surface area contributed by atoms with Crippen LogP contribution in [0.15, 0.2) is 24.4 Å². The maximum Gasteiger partial charge on any atom is 0.482 e. The van der Waals surface area contributed by atoms with Gasteiger partial charge in [0, 0.05) is 5.70 Å². The lowest BCUT2D eigenvalue weighted by Gasteiger charge is -2.08. The number of hydrogen-bond donors (Lipinski definition) is 1. The number of alkyl halides is 3. The van der Waals surface area contributed by atoms with Crippen molar-refractivity contribution in [3.05, 3.63) is 24.4 Å². The van der Waals surface area contributed by atoms with E-state index in [1.54, 1.807) is 0 Å². The highest BCUT2D eigenvalue weighted by molar-refractivity contribution is 5.06.